The standard InChI is InChI=1S/C16H12Br2S/c17-14(15-8-9-16(18)19-15)10-12-6-3-5-11-4-1-2-7-13(11)12/h1-9,14H,10H2. The topological polar surface area (TPSA) is 0 Å². The number of hydrogen-bond acceptors (Lipinski definition) is 1. The van der Waals surface area contributed by atoms with E-state index in [-0.39, 0.29) is 0 Å². The Hall–Kier alpha value is -0.640. The number of thiophene rings is 1. The first-order chi connectivity index (χ1) is 9.24. The van der Waals surface area contributed by atoms with Crippen molar-refractivity contribution in [3.63, 3.8) is 0 Å². The van der Waals surface area contributed by atoms with E-state index < -0.39 is 0 Å². The summed E-state index contributed by atoms with van der Waals surface area (Å²) in [6.45, 7) is 0. The Labute approximate surface area is 133 Å². The summed E-state index contributed by atoms with van der Waals surface area (Å²) < 4.78 is 1.19. The van der Waals surface area contributed by atoms with Crippen LogP contribution in [0.4, 0.5) is 0 Å². The van der Waals surface area contributed by atoms with Crippen molar-refractivity contribution in [3.05, 3.63) is 68.8 Å². The molecule has 0 saturated heterocycles. The smallest absolute Gasteiger partial charge is 0.0701 e. The second-order valence-electron chi connectivity index (χ2n) is 4.45. The van der Waals surface area contributed by atoms with Gasteiger partial charge in [0.15, 0.2) is 0 Å². The van der Waals surface area contributed by atoms with Gasteiger partial charge in [-0.05, 0) is 50.8 Å². The van der Waals surface area contributed by atoms with Gasteiger partial charge in [0.25, 0.3) is 0 Å². The van der Waals surface area contributed by atoms with Gasteiger partial charge in [-0.15, -0.1) is 11.3 Å². The highest BCUT2D eigenvalue weighted by molar-refractivity contribution is 9.11. The van der Waals surface area contributed by atoms with Gasteiger partial charge < -0.3 is 0 Å². The fraction of sp³-hybridized carbons (Fsp3) is 0.125. The normalized spacial score (nSPS) is 12.7. The summed E-state index contributed by atoms with van der Waals surface area (Å²) in [7, 11) is 0. The average Bonchev–Trinajstić information content (AvgIpc) is 2.86. The molecule has 0 amide bonds. The molecule has 0 aliphatic carbocycles. The van der Waals surface area contributed by atoms with Gasteiger partial charge in [0.2, 0.25) is 0 Å². The van der Waals surface area contributed by atoms with Crippen LogP contribution in [0.3, 0.4) is 0 Å². The zero-order valence-electron chi connectivity index (χ0n) is 10.1. The van der Waals surface area contributed by atoms with E-state index in [2.05, 4.69) is 86.5 Å². The lowest BCUT2D eigenvalue weighted by molar-refractivity contribution is 0.979. The van der Waals surface area contributed by atoms with Crippen molar-refractivity contribution in [2.24, 2.45) is 0 Å². The Balaban J connectivity index is 1.93. The van der Waals surface area contributed by atoms with Crippen LogP contribution in [0.25, 0.3) is 10.8 Å². The molecule has 3 aromatic rings. The molecule has 1 unspecified atom stereocenters. The Morgan fingerprint density at radius 3 is 2.53 bits per heavy atom. The summed E-state index contributed by atoms with van der Waals surface area (Å²) in [6, 6.07) is 19.4. The third kappa shape index (κ3) is 2.93. The summed E-state index contributed by atoms with van der Waals surface area (Å²) in [5.41, 5.74) is 1.39. The predicted molar refractivity (Wildman–Crippen MR) is 91.3 cm³/mol. The molecular weight excluding hydrogens is 384 g/mol. The van der Waals surface area contributed by atoms with E-state index in [9.17, 15) is 0 Å². The van der Waals surface area contributed by atoms with Crippen LogP contribution in [-0.2, 0) is 6.42 Å². The molecule has 1 aromatic heterocycles. The molecular formula is C16H12Br2S. The first kappa shape index (κ1) is 13.3. The van der Waals surface area contributed by atoms with E-state index >= 15 is 0 Å². The fourth-order valence-electron chi connectivity index (χ4n) is 2.26. The van der Waals surface area contributed by atoms with Crippen molar-refractivity contribution >= 4 is 54.0 Å². The molecule has 0 fully saturated rings. The van der Waals surface area contributed by atoms with Gasteiger partial charge in [-0.25, -0.2) is 0 Å². The molecule has 1 heterocycles. The number of fused-ring (bicyclic) bond motifs is 1. The third-order valence-electron chi connectivity index (χ3n) is 3.18. The molecule has 0 radical (unpaired) electrons. The number of benzene rings is 2. The number of rotatable bonds is 3. The first-order valence-corrected chi connectivity index (χ1v) is 8.62. The average molecular weight is 396 g/mol. The minimum Gasteiger partial charge on any atom is -0.132 e. The molecule has 1 atom stereocenters. The molecule has 3 rings (SSSR count). The van der Waals surface area contributed by atoms with Crippen LogP contribution in [0.15, 0.2) is 58.4 Å². The molecule has 0 N–H and O–H groups in total. The minimum absolute atomic E-state index is 0.370. The summed E-state index contributed by atoms with van der Waals surface area (Å²) in [6.07, 6.45) is 1.01. The highest BCUT2D eigenvalue weighted by Gasteiger charge is 2.12. The monoisotopic (exact) mass is 394 g/mol. The number of halogens is 2. The largest absolute Gasteiger partial charge is 0.132 e. The van der Waals surface area contributed by atoms with Crippen LogP contribution >= 0.6 is 43.2 Å². The summed E-state index contributed by atoms with van der Waals surface area (Å²) >= 11 is 9.12. The van der Waals surface area contributed by atoms with Crippen LogP contribution in [0, 0.1) is 0 Å². The van der Waals surface area contributed by atoms with Crippen LogP contribution in [-0.4, -0.2) is 0 Å². The maximum Gasteiger partial charge on any atom is 0.0701 e. The molecule has 0 aliphatic rings. The van der Waals surface area contributed by atoms with Crippen LogP contribution in [0.1, 0.15) is 15.3 Å². The van der Waals surface area contributed by atoms with Crippen LogP contribution in [0.5, 0.6) is 0 Å². The number of hydrogen-bond donors (Lipinski definition) is 0. The van der Waals surface area contributed by atoms with Crippen molar-refractivity contribution < 1.29 is 0 Å². The van der Waals surface area contributed by atoms with Crippen LogP contribution in [0.2, 0.25) is 0 Å². The Morgan fingerprint density at radius 1 is 0.947 bits per heavy atom. The Kier molecular flexibility index (Phi) is 4.06. The zero-order chi connectivity index (χ0) is 13.2. The molecule has 96 valence electrons. The van der Waals surface area contributed by atoms with Crippen molar-refractivity contribution in [2.45, 2.75) is 11.2 Å². The SMILES string of the molecule is Brc1ccc(C(Br)Cc2cccc3ccccc23)s1. The quantitative estimate of drug-likeness (QED) is 0.453. The van der Waals surface area contributed by atoms with Crippen molar-refractivity contribution in [1.82, 2.24) is 0 Å². The molecule has 0 nitrogen and oxygen atoms in total. The molecule has 19 heavy (non-hydrogen) atoms. The van der Waals surface area contributed by atoms with Gasteiger partial charge in [0.05, 0.1) is 8.61 Å². The van der Waals surface area contributed by atoms with E-state index in [1.165, 1.54) is 25.0 Å². The summed E-state index contributed by atoms with van der Waals surface area (Å²) in [4.78, 5) is 1.73. The van der Waals surface area contributed by atoms with Crippen molar-refractivity contribution in [2.75, 3.05) is 0 Å². The van der Waals surface area contributed by atoms with Gasteiger partial charge in [0, 0.05) is 4.88 Å². The minimum atomic E-state index is 0.370. The second-order valence-corrected chi connectivity index (χ2v) is 8.05. The lowest BCUT2D eigenvalue weighted by atomic mass is 10.0. The van der Waals surface area contributed by atoms with Crippen molar-refractivity contribution in [3.8, 4) is 0 Å². The van der Waals surface area contributed by atoms with E-state index in [4.69, 9.17) is 0 Å². The van der Waals surface area contributed by atoms with Gasteiger partial charge in [-0.2, -0.15) is 0 Å². The van der Waals surface area contributed by atoms with Crippen LogP contribution < -0.4 is 0 Å². The molecule has 0 bridgehead atoms. The van der Waals surface area contributed by atoms with E-state index in [0.717, 1.165) is 6.42 Å². The van der Waals surface area contributed by atoms with Crippen molar-refractivity contribution in [1.29, 1.82) is 0 Å². The van der Waals surface area contributed by atoms with Gasteiger partial charge in [-0.1, -0.05) is 58.4 Å². The van der Waals surface area contributed by atoms with Gasteiger partial charge in [-0.3, -0.25) is 0 Å². The van der Waals surface area contributed by atoms with E-state index in [1.54, 1.807) is 11.3 Å². The Morgan fingerprint density at radius 2 is 1.74 bits per heavy atom. The highest BCUT2D eigenvalue weighted by atomic mass is 79.9. The fourth-order valence-corrected chi connectivity index (χ4v) is 4.44. The molecule has 0 saturated carbocycles. The zero-order valence-corrected chi connectivity index (χ0v) is 14.1. The van der Waals surface area contributed by atoms with Gasteiger partial charge >= 0.3 is 0 Å². The van der Waals surface area contributed by atoms with E-state index in [1.807, 2.05) is 0 Å². The molecule has 0 aliphatic heterocycles. The first-order valence-electron chi connectivity index (χ1n) is 6.10. The lowest BCUT2D eigenvalue weighted by Crippen LogP contribution is -1.94. The predicted octanol–water partition coefficient (Wildman–Crippen LogP) is 6.34. The highest BCUT2D eigenvalue weighted by Crippen LogP contribution is 2.35. The maximum atomic E-state index is 3.81. The van der Waals surface area contributed by atoms with E-state index in [0.29, 0.717) is 4.83 Å². The molecule has 2 aromatic carbocycles. The molecule has 0 spiro atoms. The number of alkyl halides is 1. The second kappa shape index (κ2) is 5.78. The summed E-state index contributed by atoms with van der Waals surface area (Å²) in [5, 5.41) is 2.66. The Bertz CT molecular complexity index is 697. The van der Waals surface area contributed by atoms with Gasteiger partial charge in [0.1, 0.15) is 0 Å². The molecule has 3 heteroatoms. The third-order valence-corrected chi connectivity index (χ3v) is 6.04. The summed E-state index contributed by atoms with van der Waals surface area (Å²) in [5.74, 6) is 0. The maximum absolute atomic E-state index is 3.81. The lowest BCUT2D eigenvalue weighted by Gasteiger charge is -2.10.